The van der Waals surface area contributed by atoms with Crippen LogP contribution in [0.15, 0.2) is 18.2 Å². The van der Waals surface area contributed by atoms with E-state index in [2.05, 4.69) is 38.2 Å². The average Bonchev–Trinajstić information content (AvgIpc) is 2.63. The molecule has 114 valence electrons. The van der Waals surface area contributed by atoms with Gasteiger partial charge in [0.25, 0.3) is 5.91 Å². The zero-order chi connectivity index (χ0) is 16.0. The molecule has 2 nitrogen and oxygen atoms in total. The topological polar surface area (TPSA) is 29.1 Å². The van der Waals surface area contributed by atoms with Crippen LogP contribution in [0.5, 0.6) is 0 Å². The molecule has 1 N–H and O–H groups in total. The molecule has 2 rings (SSSR count). The second kappa shape index (κ2) is 5.29. The minimum absolute atomic E-state index is 0.0818. The minimum atomic E-state index is -0.271. The van der Waals surface area contributed by atoms with Gasteiger partial charge in [-0.3, -0.25) is 4.79 Å². The van der Waals surface area contributed by atoms with Gasteiger partial charge in [-0.2, -0.15) is 0 Å². The molecule has 1 aromatic carbocycles. The Morgan fingerprint density at radius 3 is 2.29 bits per heavy atom. The van der Waals surface area contributed by atoms with Crippen molar-refractivity contribution in [3.63, 3.8) is 0 Å². The summed E-state index contributed by atoms with van der Waals surface area (Å²) in [5, 5.41) is 4.47. The molecule has 0 saturated carbocycles. The summed E-state index contributed by atoms with van der Waals surface area (Å²) in [6.07, 6.45) is 0. The van der Waals surface area contributed by atoms with Gasteiger partial charge in [0.2, 0.25) is 0 Å². The van der Waals surface area contributed by atoms with E-state index in [-0.39, 0.29) is 16.9 Å². The molecule has 1 aromatic heterocycles. The maximum Gasteiger partial charge on any atom is 0.263 e. The summed E-state index contributed by atoms with van der Waals surface area (Å²) in [4.78, 5) is 12.9. The standard InChI is InChI=1S/C17H22ClNOS/c1-16(2,3)10-7-8-11-12(9-10)21-14(13(11)18)15(20)19-17(4,5)6/h7-9H,1-6H3,(H,19,20). The molecule has 0 aliphatic heterocycles. The molecule has 0 aliphatic carbocycles. The van der Waals surface area contributed by atoms with Crippen LogP contribution in [0.25, 0.3) is 10.1 Å². The van der Waals surface area contributed by atoms with Gasteiger partial charge in [-0.1, -0.05) is 44.5 Å². The highest BCUT2D eigenvalue weighted by atomic mass is 35.5. The maximum absolute atomic E-state index is 12.3. The van der Waals surface area contributed by atoms with E-state index < -0.39 is 0 Å². The molecule has 0 saturated heterocycles. The Bertz CT molecular complexity index is 689. The first-order valence-corrected chi connectivity index (χ1v) is 8.23. The third-order valence-corrected chi connectivity index (χ3v) is 4.85. The number of amides is 1. The van der Waals surface area contributed by atoms with E-state index >= 15 is 0 Å². The third kappa shape index (κ3) is 3.58. The third-order valence-electron chi connectivity index (χ3n) is 3.19. The van der Waals surface area contributed by atoms with Crippen LogP contribution >= 0.6 is 22.9 Å². The molecule has 0 spiro atoms. The van der Waals surface area contributed by atoms with Crippen LogP contribution in [-0.2, 0) is 5.41 Å². The monoisotopic (exact) mass is 323 g/mol. The first-order valence-electron chi connectivity index (χ1n) is 7.04. The van der Waals surface area contributed by atoms with E-state index in [1.54, 1.807) is 0 Å². The highest BCUT2D eigenvalue weighted by molar-refractivity contribution is 7.21. The molecule has 21 heavy (non-hydrogen) atoms. The summed E-state index contributed by atoms with van der Waals surface area (Å²) < 4.78 is 1.06. The molecule has 0 unspecified atom stereocenters. The molecular formula is C17H22ClNOS. The van der Waals surface area contributed by atoms with E-state index in [1.165, 1.54) is 16.9 Å². The Morgan fingerprint density at radius 1 is 1.14 bits per heavy atom. The minimum Gasteiger partial charge on any atom is -0.347 e. The number of fused-ring (bicyclic) bond motifs is 1. The van der Waals surface area contributed by atoms with Gasteiger partial charge in [-0.15, -0.1) is 11.3 Å². The van der Waals surface area contributed by atoms with Crippen molar-refractivity contribution in [2.45, 2.75) is 52.5 Å². The fourth-order valence-corrected chi connectivity index (χ4v) is 3.53. The zero-order valence-corrected chi connectivity index (χ0v) is 15.0. The summed E-state index contributed by atoms with van der Waals surface area (Å²) in [6.45, 7) is 12.4. The van der Waals surface area contributed by atoms with Crippen molar-refractivity contribution >= 4 is 38.9 Å². The van der Waals surface area contributed by atoms with Crippen molar-refractivity contribution < 1.29 is 4.79 Å². The average molecular weight is 324 g/mol. The molecule has 1 amide bonds. The van der Waals surface area contributed by atoms with E-state index in [1.807, 2.05) is 26.8 Å². The number of hydrogen-bond acceptors (Lipinski definition) is 2. The number of thiophene rings is 1. The largest absolute Gasteiger partial charge is 0.347 e. The Balaban J connectivity index is 2.48. The highest BCUT2D eigenvalue weighted by Crippen LogP contribution is 2.37. The van der Waals surface area contributed by atoms with Crippen LogP contribution < -0.4 is 5.32 Å². The molecule has 0 aliphatic rings. The van der Waals surface area contributed by atoms with Crippen molar-refractivity contribution in [2.24, 2.45) is 0 Å². The highest BCUT2D eigenvalue weighted by Gasteiger charge is 2.22. The van der Waals surface area contributed by atoms with Gasteiger partial charge < -0.3 is 5.32 Å². The molecule has 0 atom stereocenters. The lowest BCUT2D eigenvalue weighted by Crippen LogP contribution is -2.40. The van der Waals surface area contributed by atoms with E-state index in [4.69, 9.17) is 11.6 Å². The van der Waals surface area contributed by atoms with Gasteiger partial charge in [0.1, 0.15) is 4.88 Å². The molecule has 2 aromatic rings. The van der Waals surface area contributed by atoms with E-state index in [0.717, 1.165) is 10.1 Å². The van der Waals surface area contributed by atoms with Crippen molar-refractivity contribution in [3.05, 3.63) is 33.7 Å². The maximum atomic E-state index is 12.3. The summed E-state index contributed by atoms with van der Waals surface area (Å²) in [7, 11) is 0. The van der Waals surface area contributed by atoms with Crippen molar-refractivity contribution in [1.82, 2.24) is 5.32 Å². The number of benzene rings is 1. The Kier molecular flexibility index (Phi) is 4.11. The van der Waals surface area contributed by atoms with Gasteiger partial charge in [0.05, 0.1) is 5.02 Å². The number of hydrogen-bond donors (Lipinski definition) is 1. The number of rotatable bonds is 1. The van der Waals surface area contributed by atoms with Gasteiger partial charge in [-0.25, -0.2) is 0 Å². The van der Waals surface area contributed by atoms with Crippen molar-refractivity contribution in [1.29, 1.82) is 0 Å². The second-order valence-electron chi connectivity index (χ2n) is 7.41. The van der Waals surface area contributed by atoms with Gasteiger partial charge in [0, 0.05) is 15.6 Å². The van der Waals surface area contributed by atoms with Crippen molar-refractivity contribution in [3.8, 4) is 0 Å². The van der Waals surface area contributed by atoms with Crippen LogP contribution in [0.4, 0.5) is 0 Å². The lowest BCUT2D eigenvalue weighted by atomic mass is 9.87. The molecule has 0 bridgehead atoms. The smallest absolute Gasteiger partial charge is 0.263 e. The summed E-state index contributed by atoms with van der Waals surface area (Å²) >= 11 is 7.86. The van der Waals surface area contributed by atoms with Crippen molar-refractivity contribution in [2.75, 3.05) is 0 Å². The first-order chi connectivity index (χ1) is 9.49. The van der Waals surface area contributed by atoms with E-state index in [9.17, 15) is 4.79 Å². The normalized spacial score (nSPS) is 12.7. The summed E-state index contributed by atoms with van der Waals surface area (Å²) in [6, 6.07) is 6.24. The Hall–Kier alpha value is -1.06. The quantitative estimate of drug-likeness (QED) is 0.750. The zero-order valence-electron chi connectivity index (χ0n) is 13.4. The predicted octanol–water partition coefficient (Wildman–Crippen LogP) is 5.38. The number of halogens is 1. The molecule has 4 heteroatoms. The molecule has 1 heterocycles. The first kappa shape index (κ1) is 16.3. The van der Waals surface area contributed by atoms with Crippen LogP contribution in [0.3, 0.4) is 0 Å². The summed E-state index contributed by atoms with van der Waals surface area (Å²) in [5.74, 6) is -0.106. The Labute approximate surface area is 135 Å². The van der Waals surface area contributed by atoms with Crippen LogP contribution in [0, 0.1) is 0 Å². The van der Waals surface area contributed by atoms with Gasteiger partial charge in [-0.05, 0) is 37.8 Å². The fourth-order valence-electron chi connectivity index (χ4n) is 2.08. The van der Waals surface area contributed by atoms with Crippen LogP contribution in [0.1, 0.15) is 56.8 Å². The summed E-state index contributed by atoms with van der Waals surface area (Å²) in [5.41, 5.74) is 1.06. The lowest BCUT2D eigenvalue weighted by Gasteiger charge is -2.19. The Morgan fingerprint density at radius 2 is 1.76 bits per heavy atom. The van der Waals surface area contributed by atoms with E-state index in [0.29, 0.717) is 9.90 Å². The fraction of sp³-hybridized carbons (Fsp3) is 0.471. The molecule has 0 fully saturated rings. The number of nitrogens with one attached hydrogen (secondary N) is 1. The molecule has 0 radical (unpaired) electrons. The van der Waals surface area contributed by atoms with Crippen LogP contribution in [0.2, 0.25) is 5.02 Å². The number of carbonyl (C=O) groups is 1. The SMILES string of the molecule is CC(C)(C)NC(=O)c1sc2cc(C(C)(C)C)ccc2c1Cl. The van der Waals surface area contributed by atoms with Gasteiger partial charge in [0.15, 0.2) is 0 Å². The predicted molar refractivity (Wildman–Crippen MR) is 92.8 cm³/mol. The molecular weight excluding hydrogens is 302 g/mol. The van der Waals surface area contributed by atoms with Gasteiger partial charge >= 0.3 is 0 Å². The number of carbonyl (C=O) groups excluding carboxylic acids is 1. The lowest BCUT2D eigenvalue weighted by molar-refractivity contribution is 0.0924. The second-order valence-corrected chi connectivity index (χ2v) is 8.84. The van der Waals surface area contributed by atoms with Crippen LogP contribution in [-0.4, -0.2) is 11.4 Å².